The average molecular weight is 412 g/mol. The van der Waals surface area contributed by atoms with E-state index in [1.54, 1.807) is 4.90 Å². The van der Waals surface area contributed by atoms with Crippen molar-refractivity contribution in [2.24, 2.45) is 0 Å². The molecule has 7 nitrogen and oxygen atoms in total. The van der Waals surface area contributed by atoms with Gasteiger partial charge in [-0.05, 0) is 25.0 Å². The van der Waals surface area contributed by atoms with Crippen molar-refractivity contribution >= 4 is 12.1 Å². The van der Waals surface area contributed by atoms with Gasteiger partial charge < -0.3 is 19.5 Å². The van der Waals surface area contributed by atoms with E-state index in [1.807, 2.05) is 74.5 Å². The van der Waals surface area contributed by atoms with Crippen molar-refractivity contribution in [3.05, 3.63) is 71.8 Å². The van der Waals surface area contributed by atoms with Crippen LogP contribution < -0.4 is 5.32 Å². The van der Waals surface area contributed by atoms with E-state index in [9.17, 15) is 9.59 Å². The van der Waals surface area contributed by atoms with Gasteiger partial charge in [0.1, 0.15) is 18.9 Å². The summed E-state index contributed by atoms with van der Waals surface area (Å²) in [6.45, 7) is 4.88. The maximum Gasteiger partial charge on any atom is 0.412 e. The second-order valence-corrected chi connectivity index (χ2v) is 7.60. The highest BCUT2D eigenvalue weighted by Crippen LogP contribution is 2.28. The molecule has 1 amide bonds. The lowest BCUT2D eigenvalue weighted by atomic mass is 10.2. The van der Waals surface area contributed by atoms with E-state index in [1.165, 1.54) is 0 Å². The number of benzene rings is 2. The summed E-state index contributed by atoms with van der Waals surface area (Å²) in [4.78, 5) is 26.3. The largest absolute Gasteiger partial charge is 0.460 e. The lowest BCUT2D eigenvalue weighted by Gasteiger charge is -2.32. The summed E-state index contributed by atoms with van der Waals surface area (Å²) in [5.74, 6) is -0.352. The molecule has 0 saturated carbocycles. The molecule has 1 atom stereocenters. The number of hydrogen-bond acceptors (Lipinski definition) is 6. The maximum atomic E-state index is 12.7. The number of carbonyl (C=O) groups excluding carboxylic acids is 2. The zero-order valence-corrected chi connectivity index (χ0v) is 17.4. The van der Waals surface area contributed by atoms with E-state index in [4.69, 9.17) is 14.2 Å². The van der Waals surface area contributed by atoms with Gasteiger partial charge in [-0.1, -0.05) is 60.7 Å². The predicted octanol–water partition coefficient (Wildman–Crippen LogP) is 3.09. The molecular formula is C23H28N2O5. The third-order valence-electron chi connectivity index (χ3n) is 4.87. The van der Waals surface area contributed by atoms with Crippen molar-refractivity contribution in [2.45, 2.75) is 38.8 Å². The Balaban J connectivity index is 1.45. The van der Waals surface area contributed by atoms with Crippen LogP contribution in [0.3, 0.4) is 0 Å². The Labute approximate surface area is 176 Å². The minimum atomic E-state index is -0.784. The van der Waals surface area contributed by atoms with Gasteiger partial charge in [0.05, 0.1) is 19.2 Å². The molecular weight excluding hydrogens is 384 g/mol. The molecule has 1 aliphatic rings. The van der Waals surface area contributed by atoms with Crippen LogP contribution in [0, 0.1) is 0 Å². The molecule has 0 bridgehead atoms. The van der Waals surface area contributed by atoms with Gasteiger partial charge in [0.25, 0.3) is 0 Å². The number of ether oxygens (including phenoxy) is 3. The standard InChI is InChI=1S/C23H28N2O5/c1-23(2)25(22(27)29-16-19-11-7-4-8-12-19)20(17-30-23)13-24-14-21(26)28-15-18-9-5-3-6-10-18/h3-12,20,24H,13-17H2,1-2H3. The molecule has 1 unspecified atom stereocenters. The fraction of sp³-hybridized carbons (Fsp3) is 0.391. The van der Waals surface area contributed by atoms with Gasteiger partial charge in [0.2, 0.25) is 0 Å². The fourth-order valence-corrected chi connectivity index (χ4v) is 3.32. The summed E-state index contributed by atoms with van der Waals surface area (Å²) < 4.78 is 16.5. The lowest BCUT2D eigenvalue weighted by molar-refractivity contribution is -0.143. The zero-order chi connectivity index (χ0) is 21.4. The van der Waals surface area contributed by atoms with E-state index in [0.29, 0.717) is 13.2 Å². The third kappa shape index (κ3) is 6.05. The van der Waals surface area contributed by atoms with Crippen LogP contribution in [0.15, 0.2) is 60.7 Å². The lowest BCUT2D eigenvalue weighted by Crippen LogP contribution is -2.51. The molecule has 1 saturated heterocycles. The van der Waals surface area contributed by atoms with Gasteiger partial charge in [-0.3, -0.25) is 9.69 Å². The van der Waals surface area contributed by atoms with E-state index >= 15 is 0 Å². The number of amides is 1. The molecule has 0 aliphatic carbocycles. The molecule has 7 heteroatoms. The Bertz CT molecular complexity index is 826. The number of nitrogens with one attached hydrogen (secondary N) is 1. The summed E-state index contributed by atoms with van der Waals surface area (Å²) in [5.41, 5.74) is 1.07. The Morgan fingerprint density at radius 3 is 2.17 bits per heavy atom. The van der Waals surface area contributed by atoms with Gasteiger partial charge >= 0.3 is 12.1 Å². The Hall–Kier alpha value is -2.90. The molecule has 0 aromatic heterocycles. The minimum Gasteiger partial charge on any atom is -0.460 e. The summed E-state index contributed by atoms with van der Waals surface area (Å²) >= 11 is 0. The smallest absolute Gasteiger partial charge is 0.412 e. The van der Waals surface area contributed by atoms with E-state index in [2.05, 4.69) is 5.32 Å². The quantitative estimate of drug-likeness (QED) is 0.672. The number of carbonyl (C=O) groups is 2. The van der Waals surface area contributed by atoms with Gasteiger partial charge in [-0.25, -0.2) is 4.79 Å². The predicted molar refractivity (Wildman–Crippen MR) is 111 cm³/mol. The van der Waals surface area contributed by atoms with Crippen LogP contribution >= 0.6 is 0 Å². The van der Waals surface area contributed by atoms with Crippen molar-refractivity contribution in [2.75, 3.05) is 19.7 Å². The number of rotatable bonds is 8. The molecule has 1 aliphatic heterocycles. The Morgan fingerprint density at radius 2 is 1.57 bits per heavy atom. The molecule has 1 fully saturated rings. The summed E-state index contributed by atoms with van der Waals surface area (Å²) in [6.07, 6.45) is -0.445. The van der Waals surface area contributed by atoms with Crippen LogP contribution in [0.5, 0.6) is 0 Å². The first kappa shape index (κ1) is 21.8. The first-order valence-corrected chi connectivity index (χ1v) is 10.00. The number of nitrogens with zero attached hydrogens (tertiary/aromatic N) is 1. The van der Waals surface area contributed by atoms with E-state index < -0.39 is 11.8 Å². The van der Waals surface area contributed by atoms with Crippen LogP contribution in [0.4, 0.5) is 4.79 Å². The van der Waals surface area contributed by atoms with Crippen molar-refractivity contribution in [3.63, 3.8) is 0 Å². The number of esters is 1. The number of hydrogen-bond donors (Lipinski definition) is 1. The monoisotopic (exact) mass is 412 g/mol. The third-order valence-corrected chi connectivity index (χ3v) is 4.87. The van der Waals surface area contributed by atoms with Gasteiger partial charge in [-0.15, -0.1) is 0 Å². The second kappa shape index (κ2) is 10.2. The zero-order valence-electron chi connectivity index (χ0n) is 17.4. The minimum absolute atomic E-state index is 0.0522. The van der Waals surface area contributed by atoms with E-state index in [-0.39, 0.29) is 31.8 Å². The molecule has 1 heterocycles. The summed E-state index contributed by atoms with van der Waals surface area (Å²) in [6, 6.07) is 18.8. The van der Waals surface area contributed by atoms with Crippen LogP contribution in [0.1, 0.15) is 25.0 Å². The first-order valence-electron chi connectivity index (χ1n) is 10.00. The molecule has 0 spiro atoms. The Kier molecular flexibility index (Phi) is 7.43. The van der Waals surface area contributed by atoms with Crippen molar-refractivity contribution in [3.8, 4) is 0 Å². The Morgan fingerprint density at radius 1 is 1.00 bits per heavy atom. The first-order chi connectivity index (χ1) is 14.5. The molecule has 2 aromatic rings. The average Bonchev–Trinajstić information content (AvgIpc) is 3.06. The van der Waals surface area contributed by atoms with E-state index in [0.717, 1.165) is 11.1 Å². The van der Waals surface area contributed by atoms with Crippen LogP contribution in [-0.4, -0.2) is 48.4 Å². The summed E-state index contributed by atoms with van der Waals surface area (Å²) in [7, 11) is 0. The highest BCUT2D eigenvalue weighted by molar-refractivity contribution is 5.71. The van der Waals surface area contributed by atoms with Crippen molar-refractivity contribution in [1.29, 1.82) is 0 Å². The van der Waals surface area contributed by atoms with Crippen molar-refractivity contribution in [1.82, 2.24) is 10.2 Å². The highest BCUT2D eigenvalue weighted by atomic mass is 16.6. The van der Waals surface area contributed by atoms with Crippen molar-refractivity contribution < 1.29 is 23.8 Å². The van der Waals surface area contributed by atoms with Gasteiger partial charge in [0.15, 0.2) is 0 Å². The molecule has 2 aromatic carbocycles. The molecule has 3 rings (SSSR count). The highest BCUT2D eigenvalue weighted by Gasteiger charge is 2.44. The normalized spacial score (nSPS) is 17.5. The van der Waals surface area contributed by atoms with Crippen LogP contribution in [-0.2, 0) is 32.2 Å². The summed E-state index contributed by atoms with van der Waals surface area (Å²) in [5, 5.41) is 3.06. The molecule has 1 N–H and O–H groups in total. The maximum absolute atomic E-state index is 12.7. The molecule has 30 heavy (non-hydrogen) atoms. The molecule has 0 radical (unpaired) electrons. The molecule has 160 valence electrons. The SMILES string of the molecule is CC1(C)OCC(CNCC(=O)OCc2ccccc2)N1C(=O)OCc1ccccc1. The second-order valence-electron chi connectivity index (χ2n) is 7.60. The van der Waals surface area contributed by atoms with Crippen LogP contribution in [0.25, 0.3) is 0 Å². The van der Waals surface area contributed by atoms with Gasteiger partial charge in [-0.2, -0.15) is 0 Å². The van der Waals surface area contributed by atoms with Crippen LogP contribution in [0.2, 0.25) is 0 Å². The van der Waals surface area contributed by atoms with Gasteiger partial charge in [0, 0.05) is 6.54 Å². The fourth-order valence-electron chi connectivity index (χ4n) is 3.32. The topological polar surface area (TPSA) is 77.1 Å².